The lowest BCUT2D eigenvalue weighted by molar-refractivity contribution is 0.100. The average molecular weight is 215 g/mol. The van der Waals surface area contributed by atoms with E-state index in [0.29, 0.717) is 5.56 Å². The Morgan fingerprint density at radius 3 is 3.00 bits per heavy atom. The first-order valence-electron chi connectivity index (χ1n) is 3.08. The number of rotatable bonds is 2. The zero-order valence-electron chi connectivity index (χ0n) is 5.75. The molecule has 11 heavy (non-hydrogen) atoms. The van der Waals surface area contributed by atoms with Gasteiger partial charge in [-0.1, -0.05) is 0 Å². The summed E-state index contributed by atoms with van der Waals surface area (Å²) >= 11 is 3.22. The van der Waals surface area contributed by atoms with Crippen molar-refractivity contribution in [2.24, 2.45) is 5.73 Å². The number of ketones is 1. The first kappa shape index (κ1) is 8.36. The summed E-state index contributed by atoms with van der Waals surface area (Å²) in [5, 5.41) is 0. The molecule has 58 valence electrons. The largest absolute Gasteiger partial charge is 0.324 e. The molecule has 1 aromatic rings. The topological polar surface area (TPSA) is 56.0 Å². The van der Waals surface area contributed by atoms with Crippen LogP contribution in [0.25, 0.3) is 0 Å². The Balaban J connectivity index is 3.03. The summed E-state index contributed by atoms with van der Waals surface area (Å²) < 4.78 is 0.739. The van der Waals surface area contributed by atoms with Crippen molar-refractivity contribution in [2.75, 3.05) is 6.54 Å². The minimum Gasteiger partial charge on any atom is -0.324 e. The average Bonchev–Trinajstić information content (AvgIpc) is 2.04. The van der Waals surface area contributed by atoms with E-state index in [2.05, 4.69) is 20.9 Å². The lowest BCUT2D eigenvalue weighted by atomic mass is 10.2. The van der Waals surface area contributed by atoms with Gasteiger partial charge in [-0.05, 0) is 22.0 Å². The van der Waals surface area contributed by atoms with E-state index in [-0.39, 0.29) is 12.3 Å². The van der Waals surface area contributed by atoms with Gasteiger partial charge in [0.25, 0.3) is 0 Å². The highest BCUT2D eigenvalue weighted by Crippen LogP contribution is 2.14. The molecule has 3 nitrogen and oxygen atoms in total. The quantitative estimate of drug-likeness (QED) is 0.748. The van der Waals surface area contributed by atoms with Crippen molar-refractivity contribution in [3.05, 3.63) is 28.5 Å². The molecular formula is C7H7BrN2O. The van der Waals surface area contributed by atoms with Crippen LogP contribution in [0.1, 0.15) is 10.4 Å². The molecular weight excluding hydrogens is 208 g/mol. The van der Waals surface area contributed by atoms with Crippen LogP contribution in [0.3, 0.4) is 0 Å². The molecule has 2 N–H and O–H groups in total. The number of pyridine rings is 1. The van der Waals surface area contributed by atoms with Crippen molar-refractivity contribution in [3.8, 4) is 0 Å². The Labute approximate surface area is 72.7 Å². The van der Waals surface area contributed by atoms with Gasteiger partial charge in [-0.3, -0.25) is 9.78 Å². The fourth-order valence-electron chi connectivity index (χ4n) is 0.693. The van der Waals surface area contributed by atoms with Crippen molar-refractivity contribution in [1.82, 2.24) is 4.98 Å². The molecule has 1 aromatic heterocycles. The van der Waals surface area contributed by atoms with Crippen LogP contribution in [0.15, 0.2) is 22.9 Å². The lowest BCUT2D eigenvalue weighted by Gasteiger charge is -1.98. The second kappa shape index (κ2) is 3.59. The summed E-state index contributed by atoms with van der Waals surface area (Å²) in [6.07, 6.45) is 3.11. The fourth-order valence-corrected chi connectivity index (χ4v) is 1.13. The predicted molar refractivity (Wildman–Crippen MR) is 45.3 cm³/mol. The molecule has 0 bridgehead atoms. The number of nitrogens with zero attached hydrogens (tertiary/aromatic N) is 1. The zero-order valence-corrected chi connectivity index (χ0v) is 7.34. The number of Topliss-reactive ketones (excluding diaryl/α,β-unsaturated/α-hetero) is 1. The number of hydrogen-bond donors (Lipinski definition) is 1. The van der Waals surface area contributed by atoms with Crippen LogP contribution in [0, 0.1) is 0 Å². The number of halogens is 1. The minimum atomic E-state index is -0.107. The van der Waals surface area contributed by atoms with Crippen molar-refractivity contribution in [2.45, 2.75) is 0 Å². The third-order valence-corrected chi connectivity index (χ3v) is 1.95. The highest BCUT2D eigenvalue weighted by molar-refractivity contribution is 9.10. The maximum atomic E-state index is 11.0. The van der Waals surface area contributed by atoms with Crippen LogP contribution < -0.4 is 5.73 Å². The molecule has 0 unspecified atom stereocenters. The molecule has 0 aromatic carbocycles. The Morgan fingerprint density at radius 1 is 1.73 bits per heavy atom. The second-order valence-electron chi connectivity index (χ2n) is 1.98. The van der Waals surface area contributed by atoms with E-state index in [4.69, 9.17) is 5.73 Å². The number of hydrogen-bond acceptors (Lipinski definition) is 3. The molecule has 0 aliphatic carbocycles. The standard InChI is InChI=1S/C7H7BrN2O/c8-6-1-2-10-4-5(6)7(11)3-9/h1-2,4H,3,9H2. The molecule has 0 atom stereocenters. The Hall–Kier alpha value is -0.740. The van der Waals surface area contributed by atoms with Crippen molar-refractivity contribution in [1.29, 1.82) is 0 Å². The first-order valence-corrected chi connectivity index (χ1v) is 3.87. The Kier molecular flexibility index (Phi) is 2.73. The second-order valence-corrected chi connectivity index (χ2v) is 2.84. The van der Waals surface area contributed by atoms with Gasteiger partial charge in [0, 0.05) is 16.9 Å². The maximum absolute atomic E-state index is 11.0. The van der Waals surface area contributed by atoms with E-state index in [9.17, 15) is 4.79 Å². The van der Waals surface area contributed by atoms with Gasteiger partial charge < -0.3 is 5.73 Å². The number of carbonyl (C=O) groups is 1. The highest BCUT2D eigenvalue weighted by atomic mass is 79.9. The summed E-state index contributed by atoms with van der Waals surface area (Å²) in [6, 6.07) is 1.71. The van der Waals surface area contributed by atoms with Gasteiger partial charge in [0.2, 0.25) is 0 Å². The van der Waals surface area contributed by atoms with Crippen LogP contribution in [-0.4, -0.2) is 17.3 Å². The van der Waals surface area contributed by atoms with E-state index < -0.39 is 0 Å². The van der Waals surface area contributed by atoms with Crippen LogP contribution in [0.5, 0.6) is 0 Å². The van der Waals surface area contributed by atoms with Gasteiger partial charge in [-0.15, -0.1) is 0 Å². The summed E-state index contributed by atoms with van der Waals surface area (Å²) in [6.45, 7) is 0.0181. The van der Waals surface area contributed by atoms with Gasteiger partial charge in [-0.2, -0.15) is 0 Å². The van der Waals surface area contributed by atoms with E-state index in [0.717, 1.165) is 4.47 Å². The number of carbonyl (C=O) groups excluding carboxylic acids is 1. The Morgan fingerprint density at radius 2 is 2.45 bits per heavy atom. The molecule has 0 amide bonds. The summed E-state index contributed by atoms with van der Waals surface area (Å²) in [4.78, 5) is 14.8. The van der Waals surface area contributed by atoms with Crippen LogP contribution in [-0.2, 0) is 0 Å². The minimum absolute atomic E-state index is 0.0181. The molecule has 0 saturated heterocycles. The number of aromatic nitrogens is 1. The van der Waals surface area contributed by atoms with Crippen LogP contribution in [0.2, 0.25) is 0 Å². The van der Waals surface area contributed by atoms with Gasteiger partial charge in [-0.25, -0.2) is 0 Å². The van der Waals surface area contributed by atoms with E-state index in [1.807, 2.05) is 0 Å². The molecule has 0 aliphatic rings. The molecule has 1 rings (SSSR count). The molecule has 4 heteroatoms. The van der Waals surface area contributed by atoms with E-state index in [1.165, 1.54) is 6.20 Å². The molecule has 0 radical (unpaired) electrons. The van der Waals surface area contributed by atoms with Crippen molar-refractivity contribution in [3.63, 3.8) is 0 Å². The van der Waals surface area contributed by atoms with Crippen molar-refractivity contribution >= 4 is 21.7 Å². The summed E-state index contributed by atoms with van der Waals surface area (Å²) in [5.41, 5.74) is 5.71. The normalized spacial score (nSPS) is 9.64. The molecule has 0 saturated carbocycles. The lowest BCUT2D eigenvalue weighted by Crippen LogP contribution is -2.14. The summed E-state index contributed by atoms with van der Waals surface area (Å²) in [7, 11) is 0. The zero-order chi connectivity index (χ0) is 8.27. The SMILES string of the molecule is NCC(=O)c1cnccc1Br. The highest BCUT2D eigenvalue weighted by Gasteiger charge is 2.06. The molecule has 0 spiro atoms. The third-order valence-electron chi connectivity index (χ3n) is 1.25. The van der Waals surface area contributed by atoms with Crippen LogP contribution in [0.4, 0.5) is 0 Å². The molecule has 0 fully saturated rings. The van der Waals surface area contributed by atoms with E-state index in [1.54, 1.807) is 12.3 Å². The van der Waals surface area contributed by atoms with Gasteiger partial charge in [0.1, 0.15) is 0 Å². The smallest absolute Gasteiger partial charge is 0.179 e. The fraction of sp³-hybridized carbons (Fsp3) is 0.143. The summed E-state index contributed by atoms with van der Waals surface area (Å²) in [5.74, 6) is -0.107. The predicted octanol–water partition coefficient (Wildman–Crippen LogP) is 0.985. The van der Waals surface area contributed by atoms with E-state index >= 15 is 0 Å². The maximum Gasteiger partial charge on any atom is 0.179 e. The molecule has 1 heterocycles. The monoisotopic (exact) mass is 214 g/mol. The van der Waals surface area contributed by atoms with Crippen LogP contribution >= 0.6 is 15.9 Å². The first-order chi connectivity index (χ1) is 5.25. The number of nitrogens with two attached hydrogens (primary N) is 1. The third kappa shape index (κ3) is 1.85. The van der Waals surface area contributed by atoms with Gasteiger partial charge in [0.05, 0.1) is 12.1 Å². The van der Waals surface area contributed by atoms with Crippen molar-refractivity contribution < 1.29 is 4.79 Å². The molecule has 0 aliphatic heterocycles. The van der Waals surface area contributed by atoms with Gasteiger partial charge >= 0.3 is 0 Å². The van der Waals surface area contributed by atoms with Gasteiger partial charge in [0.15, 0.2) is 5.78 Å². The Bertz CT molecular complexity index is 275.